The molecule has 0 heterocycles. The van der Waals surface area contributed by atoms with Crippen LogP contribution in [0.15, 0.2) is 0 Å². The van der Waals surface area contributed by atoms with Crippen LogP contribution in [-0.2, 0) is 9.53 Å². The first kappa shape index (κ1) is 12.5. The van der Waals surface area contributed by atoms with Gasteiger partial charge in [0.15, 0.2) is 0 Å². The van der Waals surface area contributed by atoms with Crippen molar-refractivity contribution < 1.29 is 39.1 Å². The zero-order valence-corrected chi connectivity index (χ0v) is 10.1. The number of carbonyl (C=O) groups is 1. The Morgan fingerprint density at radius 3 is 2.42 bits per heavy atom. The van der Waals surface area contributed by atoms with Crippen molar-refractivity contribution in [3.63, 3.8) is 0 Å². The summed E-state index contributed by atoms with van der Waals surface area (Å²) >= 11 is 0. The maximum absolute atomic E-state index is 10.5. The van der Waals surface area contributed by atoms with Crippen LogP contribution in [0.1, 0.15) is 39.0 Å². The van der Waals surface area contributed by atoms with Gasteiger partial charge in [0, 0.05) is 6.92 Å². The molecule has 0 unspecified atom stereocenters. The van der Waals surface area contributed by atoms with Gasteiger partial charge in [0.25, 0.3) is 0 Å². The maximum atomic E-state index is 10.5. The second-order valence-electron chi connectivity index (χ2n) is 3.31. The Hall–Kier alpha value is 0.470. The summed E-state index contributed by atoms with van der Waals surface area (Å²) in [5.41, 5.74) is 0. The average molecular weight is 179 g/mol. The third-order valence-corrected chi connectivity index (χ3v) is 2.25. The van der Waals surface area contributed by atoms with E-state index < -0.39 is 0 Å². The Bertz CT molecular complexity index is 130. The molecule has 0 spiro atoms. The minimum absolute atomic E-state index is 0. The Labute approximate surface area is 96.3 Å². The fourth-order valence-corrected chi connectivity index (χ4v) is 1.59. The Morgan fingerprint density at radius 1 is 1.33 bits per heavy atom. The minimum atomic E-state index is -0.143. The van der Waals surface area contributed by atoms with Crippen LogP contribution in [-0.4, -0.2) is 12.6 Å². The van der Waals surface area contributed by atoms with Gasteiger partial charge in [0.05, 0.1) is 6.61 Å². The quantitative estimate of drug-likeness (QED) is 0.407. The van der Waals surface area contributed by atoms with Crippen LogP contribution in [0.25, 0.3) is 0 Å². The van der Waals surface area contributed by atoms with Crippen molar-refractivity contribution in [2.45, 2.75) is 39.0 Å². The molecule has 0 aromatic carbocycles. The molecule has 2 nitrogen and oxygen atoms in total. The molecule has 1 aliphatic rings. The monoisotopic (exact) mass is 179 g/mol. The Balaban J connectivity index is 0.00000121. The molecule has 1 aliphatic carbocycles. The van der Waals surface area contributed by atoms with Crippen molar-refractivity contribution in [1.29, 1.82) is 0 Å². The summed E-state index contributed by atoms with van der Waals surface area (Å²) in [6.45, 7) is 2.12. The van der Waals surface area contributed by atoms with Crippen molar-refractivity contribution >= 4 is 5.97 Å². The van der Waals surface area contributed by atoms with Crippen molar-refractivity contribution in [1.82, 2.24) is 0 Å². The van der Waals surface area contributed by atoms with Crippen molar-refractivity contribution in [3.8, 4) is 0 Å². The molecule has 1 fully saturated rings. The van der Waals surface area contributed by atoms with E-state index in [4.69, 9.17) is 4.74 Å². The van der Waals surface area contributed by atoms with Gasteiger partial charge in [0.2, 0.25) is 0 Å². The molecule has 0 amide bonds. The van der Waals surface area contributed by atoms with Crippen LogP contribution in [0.3, 0.4) is 0 Å². The standard InChI is InChI=1S/C9H16O2.Na/c1-8(10)11-7-9-5-3-2-4-6-9;/h9H,2-7H2,1H3;/q;+1. The van der Waals surface area contributed by atoms with Crippen LogP contribution < -0.4 is 29.6 Å². The molecular formula is C9H16NaO2+. The molecule has 3 heteroatoms. The van der Waals surface area contributed by atoms with Gasteiger partial charge in [-0.2, -0.15) is 0 Å². The van der Waals surface area contributed by atoms with Crippen LogP contribution in [0.5, 0.6) is 0 Å². The van der Waals surface area contributed by atoms with Gasteiger partial charge in [-0.05, 0) is 18.8 Å². The van der Waals surface area contributed by atoms with Crippen molar-refractivity contribution in [2.75, 3.05) is 6.61 Å². The average Bonchev–Trinajstić information content (AvgIpc) is 2.03. The summed E-state index contributed by atoms with van der Waals surface area (Å²) in [5.74, 6) is 0.503. The molecule has 1 rings (SSSR count). The Kier molecular flexibility index (Phi) is 7.20. The van der Waals surface area contributed by atoms with E-state index >= 15 is 0 Å². The molecule has 12 heavy (non-hydrogen) atoms. The summed E-state index contributed by atoms with van der Waals surface area (Å²) in [5, 5.41) is 0. The number of carbonyl (C=O) groups excluding carboxylic acids is 1. The number of rotatable bonds is 2. The molecule has 0 aromatic heterocycles. The second kappa shape index (κ2) is 6.93. The summed E-state index contributed by atoms with van der Waals surface area (Å²) in [7, 11) is 0. The zero-order chi connectivity index (χ0) is 8.10. The predicted octanol–water partition coefficient (Wildman–Crippen LogP) is -0.866. The van der Waals surface area contributed by atoms with Gasteiger partial charge in [-0.25, -0.2) is 0 Å². The van der Waals surface area contributed by atoms with E-state index in [1.165, 1.54) is 39.0 Å². The van der Waals surface area contributed by atoms with Gasteiger partial charge in [-0.1, -0.05) is 19.3 Å². The zero-order valence-electron chi connectivity index (χ0n) is 8.14. The molecule has 0 saturated heterocycles. The van der Waals surface area contributed by atoms with Gasteiger partial charge in [-0.15, -0.1) is 0 Å². The summed E-state index contributed by atoms with van der Waals surface area (Å²) in [6.07, 6.45) is 6.47. The first-order valence-electron chi connectivity index (χ1n) is 4.42. The molecule has 0 bridgehead atoms. The molecular weight excluding hydrogens is 163 g/mol. The van der Waals surface area contributed by atoms with E-state index in [0.29, 0.717) is 12.5 Å². The number of hydrogen-bond donors (Lipinski definition) is 0. The molecule has 0 aromatic rings. The first-order chi connectivity index (χ1) is 5.29. The molecule has 0 atom stereocenters. The van der Waals surface area contributed by atoms with E-state index in [9.17, 15) is 4.79 Å². The van der Waals surface area contributed by atoms with E-state index in [-0.39, 0.29) is 35.5 Å². The maximum Gasteiger partial charge on any atom is 1.00 e. The number of ether oxygens (including phenoxy) is 1. The summed E-state index contributed by atoms with van der Waals surface area (Å²) in [4.78, 5) is 10.5. The van der Waals surface area contributed by atoms with Crippen molar-refractivity contribution in [2.24, 2.45) is 5.92 Å². The summed E-state index contributed by atoms with van der Waals surface area (Å²) < 4.78 is 4.94. The number of hydrogen-bond acceptors (Lipinski definition) is 2. The van der Waals surface area contributed by atoms with Crippen LogP contribution in [0.2, 0.25) is 0 Å². The largest absolute Gasteiger partial charge is 1.00 e. The van der Waals surface area contributed by atoms with Crippen LogP contribution >= 0.6 is 0 Å². The predicted molar refractivity (Wildman–Crippen MR) is 43.2 cm³/mol. The smallest absolute Gasteiger partial charge is 0.466 e. The fourth-order valence-electron chi connectivity index (χ4n) is 1.59. The topological polar surface area (TPSA) is 26.3 Å². The SMILES string of the molecule is CC(=O)OCC1CCCCC1.[Na+]. The van der Waals surface area contributed by atoms with E-state index in [2.05, 4.69) is 0 Å². The third kappa shape index (κ3) is 5.18. The number of esters is 1. The van der Waals surface area contributed by atoms with E-state index in [1.807, 2.05) is 0 Å². The van der Waals surface area contributed by atoms with E-state index in [0.717, 1.165) is 0 Å². The van der Waals surface area contributed by atoms with E-state index in [1.54, 1.807) is 0 Å². The molecule has 0 N–H and O–H groups in total. The van der Waals surface area contributed by atoms with Gasteiger partial charge in [-0.3, -0.25) is 4.79 Å². The second-order valence-corrected chi connectivity index (χ2v) is 3.31. The minimum Gasteiger partial charge on any atom is -0.466 e. The molecule has 1 saturated carbocycles. The molecule has 0 radical (unpaired) electrons. The van der Waals surface area contributed by atoms with Crippen LogP contribution in [0, 0.1) is 5.92 Å². The first-order valence-corrected chi connectivity index (χ1v) is 4.42. The normalized spacial score (nSPS) is 18.1. The van der Waals surface area contributed by atoms with Gasteiger partial charge in [0.1, 0.15) is 0 Å². The summed E-state index contributed by atoms with van der Waals surface area (Å²) in [6, 6.07) is 0. The van der Waals surface area contributed by atoms with Crippen molar-refractivity contribution in [3.05, 3.63) is 0 Å². The van der Waals surface area contributed by atoms with Gasteiger partial charge >= 0.3 is 35.5 Å². The third-order valence-electron chi connectivity index (χ3n) is 2.25. The Morgan fingerprint density at radius 2 is 1.92 bits per heavy atom. The molecule has 64 valence electrons. The molecule has 0 aliphatic heterocycles. The van der Waals surface area contributed by atoms with Crippen LogP contribution in [0.4, 0.5) is 0 Å². The fraction of sp³-hybridized carbons (Fsp3) is 0.889. The van der Waals surface area contributed by atoms with Gasteiger partial charge < -0.3 is 4.74 Å².